The van der Waals surface area contributed by atoms with E-state index in [0.717, 1.165) is 24.6 Å². The van der Waals surface area contributed by atoms with Gasteiger partial charge in [0.2, 0.25) is 0 Å². The van der Waals surface area contributed by atoms with Crippen molar-refractivity contribution in [2.24, 2.45) is 0 Å². The van der Waals surface area contributed by atoms with Gasteiger partial charge in [-0.25, -0.2) is 0 Å². The molecule has 0 saturated heterocycles. The Bertz CT molecular complexity index is 517. The minimum atomic E-state index is 0. The highest BCUT2D eigenvalue weighted by molar-refractivity contribution is 5.85. The third-order valence-electron chi connectivity index (χ3n) is 3.15. The Kier molecular flexibility index (Phi) is 3.86. The Balaban J connectivity index is 0.00000120. The number of nitrogens with two attached hydrogens (primary N) is 1. The van der Waals surface area contributed by atoms with Crippen LogP contribution in [0.5, 0.6) is 0 Å². The highest BCUT2D eigenvalue weighted by Gasteiger charge is 2.14. The SMILES string of the molecule is Cl.Nc1ccn(Cc2nnc3n2CCCCC3)n1. The molecular formula is C11H17ClN6. The van der Waals surface area contributed by atoms with E-state index in [1.807, 2.05) is 6.20 Å². The Morgan fingerprint density at radius 2 is 2.11 bits per heavy atom. The van der Waals surface area contributed by atoms with E-state index in [1.165, 1.54) is 19.3 Å². The molecule has 0 fully saturated rings. The molecule has 2 aromatic rings. The number of nitrogens with zero attached hydrogens (tertiary/aromatic N) is 5. The first-order valence-corrected chi connectivity index (χ1v) is 6.03. The lowest BCUT2D eigenvalue weighted by Crippen LogP contribution is -2.10. The molecule has 1 aliphatic rings. The van der Waals surface area contributed by atoms with Gasteiger partial charge in [0.25, 0.3) is 0 Å². The van der Waals surface area contributed by atoms with Gasteiger partial charge >= 0.3 is 0 Å². The van der Waals surface area contributed by atoms with E-state index in [1.54, 1.807) is 10.7 Å². The van der Waals surface area contributed by atoms with Crippen LogP contribution in [-0.2, 0) is 19.5 Å². The van der Waals surface area contributed by atoms with E-state index in [-0.39, 0.29) is 12.4 Å². The summed E-state index contributed by atoms with van der Waals surface area (Å²) < 4.78 is 4.03. The second-order valence-electron chi connectivity index (χ2n) is 4.43. The molecule has 0 aromatic carbocycles. The molecule has 7 heteroatoms. The number of fused-ring (bicyclic) bond motifs is 1. The summed E-state index contributed by atoms with van der Waals surface area (Å²) in [4.78, 5) is 0. The molecule has 0 aliphatic carbocycles. The minimum Gasteiger partial charge on any atom is -0.382 e. The van der Waals surface area contributed by atoms with Crippen molar-refractivity contribution in [3.8, 4) is 0 Å². The summed E-state index contributed by atoms with van der Waals surface area (Å²) in [5.41, 5.74) is 5.60. The zero-order valence-corrected chi connectivity index (χ0v) is 10.9. The lowest BCUT2D eigenvalue weighted by atomic mass is 10.2. The van der Waals surface area contributed by atoms with Crippen LogP contribution in [0, 0.1) is 0 Å². The highest BCUT2D eigenvalue weighted by atomic mass is 35.5. The van der Waals surface area contributed by atoms with Crippen LogP contribution < -0.4 is 5.73 Å². The summed E-state index contributed by atoms with van der Waals surface area (Å²) in [5, 5.41) is 12.7. The van der Waals surface area contributed by atoms with Gasteiger partial charge in [0, 0.05) is 19.2 Å². The fourth-order valence-corrected chi connectivity index (χ4v) is 2.27. The lowest BCUT2D eigenvalue weighted by Gasteiger charge is -2.06. The number of halogens is 1. The monoisotopic (exact) mass is 268 g/mol. The molecule has 3 heterocycles. The van der Waals surface area contributed by atoms with Crippen LogP contribution in [-0.4, -0.2) is 24.5 Å². The third kappa shape index (κ3) is 2.48. The Morgan fingerprint density at radius 1 is 1.22 bits per heavy atom. The van der Waals surface area contributed by atoms with Crippen molar-refractivity contribution < 1.29 is 0 Å². The third-order valence-corrected chi connectivity index (χ3v) is 3.15. The summed E-state index contributed by atoms with van der Waals surface area (Å²) in [6.45, 7) is 1.67. The van der Waals surface area contributed by atoms with Gasteiger partial charge in [0.15, 0.2) is 5.82 Å². The van der Waals surface area contributed by atoms with E-state index in [2.05, 4.69) is 19.9 Å². The van der Waals surface area contributed by atoms with E-state index < -0.39 is 0 Å². The smallest absolute Gasteiger partial charge is 0.154 e. The van der Waals surface area contributed by atoms with Crippen molar-refractivity contribution in [1.82, 2.24) is 24.5 Å². The van der Waals surface area contributed by atoms with Gasteiger partial charge in [-0.3, -0.25) is 4.68 Å². The van der Waals surface area contributed by atoms with Gasteiger partial charge in [-0.2, -0.15) is 5.10 Å². The number of aryl methyl sites for hydroxylation is 1. The summed E-state index contributed by atoms with van der Waals surface area (Å²) in [7, 11) is 0. The first-order valence-electron chi connectivity index (χ1n) is 6.03. The standard InChI is InChI=1S/C11H16N6.ClH/c12-9-5-7-16(15-9)8-11-14-13-10-4-2-1-3-6-17(10)11;/h5,7H,1-4,6,8H2,(H2,12,15);1H. The van der Waals surface area contributed by atoms with E-state index in [4.69, 9.17) is 5.73 Å². The Morgan fingerprint density at radius 3 is 2.89 bits per heavy atom. The molecule has 6 nitrogen and oxygen atoms in total. The van der Waals surface area contributed by atoms with Crippen molar-refractivity contribution in [2.75, 3.05) is 5.73 Å². The van der Waals surface area contributed by atoms with E-state index in [0.29, 0.717) is 12.4 Å². The zero-order valence-electron chi connectivity index (χ0n) is 10.1. The molecule has 2 aromatic heterocycles. The minimum absolute atomic E-state index is 0. The van der Waals surface area contributed by atoms with Crippen molar-refractivity contribution in [3.63, 3.8) is 0 Å². The molecule has 0 unspecified atom stereocenters. The van der Waals surface area contributed by atoms with Crippen LogP contribution in [0.3, 0.4) is 0 Å². The van der Waals surface area contributed by atoms with Gasteiger partial charge in [-0.05, 0) is 18.9 Å². The van der Waals surface area contributed by atoms with Gasteiger partial charge in [-0.15, -0.1) is 22.6 Å². The highest BCUT2D eigenvalue weighted by Crippen LogP contribution is 2.15. The summed E-state index contributed by atoms with van der Waals surface area (Å²) in [6, 6.07) is 1.79. The first kappa shape index (κ1) is 12.9. The number of rotatable bonds is 2. The molecule has 3 rings (SSSR count). The normalized spacial score (nSPS) is 14.7. The van der Waals surface area contributed by atoms with Crippen LogP contribution in [0.2, 0.25) is 0 Å². The molecule has 0 bridgehead atoms. The fraction of sp³-hybridized carbons (Fsp3) is 0.545. The van der Waals surface area contributed by atoms with Crippen molar-refractivity contribution in [3.05, 3.63) is 23.9 Å². The second-order valence-corrected chi connectivity index (χ2v) is 4.43. The number of hydrogen-bond donors (Lipinski definition) is 1. The van der Waals surface area contributed by atoms with E-state index in [9.17, 15) is 0 Å². The maximum Gasteiger partial charge on any atom is 0.154 e. The Labute approximate surface area is 112 Å². The summed E-state index contributed by atoms with van der Waals surface area (Å²) >= 11 is 0. The van der Waals surface area contributed by atoms with Crippen molar-refractivity contribution >= 4 is 18.2 Å². The quantitative estimate of drug-likeness (QED) is 0.890. The van der Waals surface area contributed by atoms with Crippen LogP contribution >= 0.6 is 12.4 Å². The number of anilines is 1. The molecule has 0 atom stereocenters. The molecule has 0 saturated carbocycles. The first-order chi connectivity index (χ1) is 8.33. The molecular weight excluding hydrogens is 252 g/mol. The molecule has 0 radical (unpaired) electrons. The van der Waals surface area contributed by atoms with Crippen LogP contribution in [0.4, 0.5) is 5.82 Å². The van der Waals surface area contributed by atoms with Crippen LogP contribution in [0.25, 0.3) is 0 Å². The topological polar surface area (TPSA) is 74.6 Å². The molecule has 98 valence electrons. The zero-order chi connectivity index (χ0) is 11.7. The second kappa shape index (κ2) is 5.39. The van der Waals surface area contributed by atoms with Crippen LogP contribution in [0.15, 0.2) is 12.3 Å². The molecule has 2 N–H and O–H groups in total. The van der Waals surface area contributed by atoms with Gasteiger partial charge in [0.05, 0.1) is 0 Å². The average molecular weight is 269 g/mol. The van der Waals surface area contributed by atoms with Gasteiger partial charge < -0.3 is 10.3 Å². The number of nitrogen functional groups attached to an aromatic ring is 1. The molecule has 1 aliphatic heterocycles. The Hall–Kier alpha value is -1.56. The largest absolute Gasteiger partial charge is 0.382 e. The van der Waals surface area contributed by atoms with Gasteiger partial charge in [-0.1, -0.05) is 6.42 Å². The number of aromatic nitrogens is 5. The van der Waals surface area contributed by atoms with Crippen molar-refractivity contribution in [1.29, 1.82) is 0 Å². The van der Waals surface area contributed by atoms with Crippen LogP contribution in [0.1, 0.15) is 30.9 Å². The maximum absolute atomic E-state index is 5.60. The fourth-order valence-electron chi connectivity index (χ4n) is 2.27. The number of hydrogen-bond acceptors (Lipinski definition) is 4. The molecule has 18 heavy (non-hydrogen) atoms. The molecule has 0 spiro atoms. The summed E-state index contributed by atoms with van der Waals surface area (Å²) in [6.07, 6.45) is 6.60. The van der Waals surface area contributed by atoms with Gasteiger partial charge in [0.1, 0.15) is 18.2 Å². The molecule has 0 amide bonds. The van der Waals surface area contributed by atoms with E-state index >= 15 is 0 Å². The maximum atomic E-state index is 5.60. The lowest BCUT2D eigenvalue weighted by molar-refractivity contribution is 0.569. The predicted molar refractivity (Wildman–Crippen MR) is 70.6 cm³/mol. The summed E-state index contributed by atoms with van der Waals surface area (Å²) in [5.74, 6) is 2.63. The predicted octanol–water partition coefficient (Wildman–Crippen LogP) is 1.25. The van der Waals surface area contributed by atoms with Crippen molar-refractivity contribution in [2.45, 2.75) is 38.8 Å². The average Bonchev–Trinajstić information content (AvgIpc) is 2.80.